The number of halogens is 1. The summed E-state index contributed by atoms with van der Waals surface area (Å²) in [6.45, 7) is 4.23. The lowest BCUT2D eigenvalue weighted by Crippen LogP contribution is -2.30. The summed E-state index contributed by atoms with van der Waals surface area (Å²) < 4.78 is 0. The van der Waals surface area contributed by atoms with E-state index >= 15 is 0 Å². The highest BCUT2D eigenvalue weighted by molar-refractivity contribution is 8.00. The Morgan fingerprint density at radius 3 is 2.08 bits per heavy atom. The largest absolute Gasteiger partial charge is 0.321 e. The number of carbonyl (C=O) groups excluding carboxylic acids is 3. The summed E-state index contributed by atoms with van der Waals surface area (Å²) >= 11 is 7.31. The van der Waals surface area contributed by atoms with Gasteiger partial charge in [0.15, 0.2) is 5.78 Å². The standard InChI is InChI=1S/C33H29ClN2O3S/c1-22(2)24-10-8-23(9-11-24)20-30(36-32(38)26-6-4-3-5-7-26)33(39)35-28-16-18-29(19-17-28)40-21-31(37)25-12-14-27(34)15-13-25/h3-20,22H,21H2,1-2H3,(H,35,39)(H,36,38)/b30-20-. The van der Waals surface area contributed by atoms with Crippen molar-refractivity contribution in [1.82, 2.24) is 5.32 Å². The van der Waals surface area contributed by atoms with Crippen LogP contribution in [0.25, 0.3) is 6.08 Å². The molecule has 7 heteroatoms. The van der Waals surface area contributed by atoms with Crippen LogP contribution in [0.5, 0.6) is 0 Å². The number of hydrogen-bond donors (Lipinski definition) is 2. The summed E-state index contributed by atoms with van der Waals surface area (Å²) in [5.74, 6) is -0.158. The smallest absolute Gasteiger partial charge is 0.272 e. The van der Waals surface area contributed by atoms with Crippen LogP contribution in [0.15, 0.2) is 114 Å². The highest BCUT2D eigenvalue weighted by Crippen LogP contribution is 2.23. The molecule has 0 aliphatic carbocycles. The van der Waals surface area contributed by atoms with Crippen LogP contribution in [-0.4, -0.2) is 23.4 Å². The molecule has 0 aliphatic heterocycles. The van der Waals surface area contributed by atoms with E-state index in [-0.39, 0.29) is 23.1 Å². The first-order chi connectivity index (χ1) is 19.3. The SMILES string of the molecule is CC(C)c1ccc(/C=C(\NC(=O)c2ccccc2)C(=O)Nc2ccc(SCC(=O)c3ccc(Cl)cc3)cc2)cc1. The molecule has 202 valence electrons. The highest BCUT2D eigenvalue weighted by atomic mass is 35.5. The topological polar surface area (TPSA) is 75.3 Å². The molecule has 0 bridgehead atoms. The minimum absolute atomic E-state index is 0.00408. The number of ketones is 1. The van der Waals surface area contributed by atoms with Crippen molar-refractivity contribution >= 4 is 52.7 Å². The molecule has 0 fully saturated rings. The van der Waals surface area contributed by atoms with Crippen molar-refractivity contribution in [1.29, 1.82) is 0 Å². The van der Waals surface area contributed by atoms with Crippen molar-refractivity contribution in [3.8, 4) is 0 Å². The third-order valence-corrected chi connectivity index (χ3v) is 7.36. The quantitative estimate of drug-likeness (QED) is 0.116. The Balaban J connectivity index is 1.45. The average molecular weight is 569 g/mol. The van der Waals surface area contributed by atoms with E-state index in [0.29, 0.717) is 27.8 Å². The number of benzene rings is 4. The molecule has 0 radical (unpaired) electrons. The number of nitrogens with one attached hydrogen (secondary N) is 2. The van der Waals surface area contributed by atoms with E-state index in [1.807, 2.05) is 42.5 Å². The second kappa shape index (κ2) is 13.8. The third kappa shape index (κ3) is 8.18. The second-order valence-corrected chi connectivity index (χ2v) is 10.9. The Hall–Kier alpha value is -4.13. The maximum Gasteiger partial charge on any atom is 0.272 e. The van der Waals surface area contributed by atoms with E-state index in [1.165, 1.54) is 17.3 Å². The maximum atomic E-state index is 13.3. The van der Waals surface area contributed by atoms with Gasteiger partial charge in [0.1, 0.15) is 5.70 Å². The van der Waals surface area contributed by atoms with Crippen LogP contribution in [0, 0.1) is 0 Å². The number of Topliss-reactive ketones (excluding diaryl/α,β-unsaturated/α-hetero) is 1. The Bertz CT molecular complexity index is 1500. The summed E-state index contributed by atoms with van der Waals surface area (Å²) in [5, 5.41) is 6.21. The monoisotopic (exact) mass is 568 g/mol. The summed E-state index contributed by atoms with van der Waals surface area (Å²) in [7, 11) is 0. The molecule has 2 N–H and O–H groups in total. The molecule has 0 heterocycles. The maximum absolute atomic E-state index is 13.3. The summed E-state index contributed by atoms with van der Waals surface area (Å²) in [6, 6.07) is 30.7. The van der Waals surface area contributed by atoms with Gasteiger partial charge in [0.2, 0.25) is 0 Å². The predicted octanol–water partition coefficient (Wildman–Crippen LogP) is 7.85. The molecule has 4 aromatic carbocycles. The number of rotatable bonds is 10. The Morgan fingerprint density at radius 2 is 1.45 bits per heavy atom. The van der Waals surface area contributed by atoms with Crippen LogP contribution < -0.4 is 10.6 Å². The first kappa shape index (κ1) is 28.9. The molecule has 2 amide bonds. The fourth-order valence-electron chi connectivity index (χ4n) is 3.79. The van der Waals surface area contributed by atoms with Gasteiger partial charge in [0.25, 0.3) is 11.8 Å². The molecule has 4 aromatic rings. The van der Waals surface area contributed by atoms with Gasteiger partial charge in [-0.15, -0.1) is 11.8 Å². The third-order valence-electron chi connectivity index (χ3n) is 6.09. The second-order valence-electron chi connectivity index (χ2n) is 9.40. The zero-order chi connectivity index (χ0) is 28.5. The Morgan fingerprint density at radius 1 is 0.800 bits per heavy atom. The normalized spacial score (nSPS) is 11.2. The summed E-state index contributed by atoms with van der Waals surface area (Å²) in [4.78, 5) is 39.5. The fourth-order valence-corrected chi connectivity index (χ4v) is 4.71. The van der Waals surface area contributed by atoms with Crippen molar-refractivity contribution in [2.24, 2.45) is 0 Å². The van der Waals surface area contributed by atoms with Crippen LogP contribution >= 0.6 is 23.4 Å². The van der Waals surface area contributed by atoms with E-state index in [2.05, 4.69) is 24.5 Å². The molecule has 0 atom stereocenters. The minimum atomic E-state index is -0.449. The van der Waals surface area contributed by atoms with Crippen LogP contribution in [0.2, 0.25) is 5.02 Å². The van der Waals surface area contributed by atoms with E-state index in [4.69, 9.17) is 11.6 Å². The van der Waals surface area contributed by atoms with Gasteiger partial charge in [-0.3, -0.25) is 14.4 Å². The van der Waals surface area contributed by atoms with Crippen LogP contribution in [0.1, 0.15) is 51.6 Å². The Labute approximate surface area is 243 Å². The molecule has 0 spiro atoms. The molecule has 5 nitrogen and oxygen atoms in total. The number of thioether (sulfide) groups is 1. The van der Waals surface area contributed by atoms with Crippen molar-refractivity contribution in [3.05, 3.63) is 136 Å². The van der Waals surface area contributed by atoms with Gasteiger partial charge in [0, 0.05) is 26.7 Å². The first-order valence-corrected chi connectivity index (χ1v) is 14.2. The molecule has 0 saturated heterocycles. The lowest BCUT2D eigenvalue weighted by Gasteiger charge is -2.12. The zero-order valence-electron chi connectivity index (χ0n) is 22.2. The van der Waals surface area contributed by atoms with Crippen LogP contribution in [-0.2, 0) is 4.79 Å². The van der Waals surface area contributed by atoms with E-state index in [9.17, 15) is 14.4 Å². The minimum Gasteiger partial charge on any atom is -0.321 e. The van der Waals surface area contributed by atoms with E-state index in [0.717, 1.165) is 10.5 Å². The first-order valence-electron chi connectivity index (χ1n) is 12.8. The average Bonchev–Trinajstić information content (AvgIpc) is 2.97. The number of hydrogen-bond acceptors (Lipinski definition) is 4. The molecular formula is C33H29ClN2O3S. The van der Waals surface area contributed by atoms with Crippen molar-refractivity contribution in [3.63, 3.8) is 0 Å². The van der Waals surface area contributed by atoms with Crippen LogP contribution in [0.3, 0.4) is 0 Å². The summed E-state index contributed by atoms with van der Waals surface area (Å²) in [5.41, 5.74) is 3.72. The summed E-state index contributed by atoms with van der Waals surface area (Å²) in [6.07, 6.45) is 1.66. The van der Waals surface area contributed by atoms with Gasteiger partial charge in [-0.1, -0.05) is 67.9 Å². The highest BCUT2D eigenvalue weighted by Gasteiger charge is 2.15. The van der Waals surface area contributed by atoms with Gasteiger partial charge in [-0.25, -0.2) is 0 Å². The Kier molecular flexibility index (Phi) is 9.95. The zero-order valence-corrected chi connectivity index (χ0v) is 23.8. The van der Waals surface area contributed by atoms with Gasteiger partial charge in [0.05, 0.1) is 5.75 Å². The molecular weight excluding hydrogens is 540 g/mol. The van der Waals surface area contributed by atoms with E-state index < -0.39 is 5.91 Å². The predicted molar refractivity (Wildman–Crippen MR) is 164 cm³/mol. The molecule has 4 rings (SSSR count). The van der Waals surface area contributed by atoms with E-state index in [1.54, 1.807) is 66.7 Å². The number of anilines is 1. The van der Waals surface area contributed by atoms with Crippen molar-refractivity contribution in [2.75, 3.05) is 11.1 Å². The lowest BCUT2D eigenvalue weighted by molar-refractivity contribution is -0.113. The molecule has 40 heavy (non-hydrogen) atoms. The number of amides is 2. The molecule has 0 aliphatic rings. The van der Waals surface area contributed by atoms with Crippen molar-refractivity contribution < 1.29 is 14.4 Å². The number of carbonyl (C=O) groups is 3. The van der Waals surface area contributed by atoms with Gasteiger partial charge >= 0.3 is 0 Å². The fraction of sp³-hybridized carbons (Fsp3) is 0.121. The van der Waals surface area contributed by atoms with Crippen molar-refractivity contribution in [2.45, 2.75) is 24.7 Å². The van der Waals surface area contributed by atoms with Crippen LogP contribution in [0.4, 0.5) is 5.69 Å². The molecule has 0 saturated carbocycles. The van der Waals surface area contributed by atoms with Gasteiger partial charge in [-0.05, 0) is 83.8 Å². The lowest BCUT2D eigenvalue weighted by atomic mass is 10.0. The van der Waals surface area contributed by atoms with Gasteiger partial charge in [-0.2, -0.15) is 0 Å². The molecule has 0 unspecified atom stereocenters. The molecule has 0 aromatic heterocycles. The van der Waals surface area contributed by atoms with Gasteiger partial charge < -0.3 is 10.6 Å².